The van der Waals surface area contributed by atoms with Gasteiger partial charge < -0.3 is 15.4 Å². The molecule has 8 heteroatoms. The standard InChI is InChI=1S/C10H16Cl2N2O4/c1-6(18-10(17)9(11)12)5-14-8(16)4-3-7(15)13-2/h6,9H,3-5H2,1-2H3,(H,13,15)(H,14,16)/i1D. The molecular formula is C10H16Cl2N2O4. The molecule has 0 fully saturated rings. The van der Waals surface area contributed by atoms with E-state index in [4.69, 9.17) is 29.3 Å². The van der Waals surface area contributed by atoms with E-state index in [1.165, 1.54) is 7.05 Å². The average molecular weight is 300 g/mol. The largest absolute Gasteiger partial charge is 0.459 e. The summed E-state index contributed by atoms with van der Waals surface area (Å²) in [5.74, 6) is -1.47. The van der Waals surface area contributed by atoms with Gasteiger partial charge in [-0.3, -0.25) is 9.59 Å². The number of hydrogen-bond acceptors (Lipinski definition) is 4. The lowest BCUT2D eigenvalue weighted by Gasteiger charge is -2.14. The Morgan fingerprint density at radius 3 is 2.39 bits per heavy atom. The number of esters is 1. The molecule has 0 saturated heterocycles. The lowest BCUT2D eigenvalue weighted by Crippen LogP contribution is -2.34. The molecule has 104 valence electrons. The van der Waals surface area contributed by atoms with Crippen LogP contribution in [0.25, 0.3) is 0 Å². The summed E-state index contributed by atoms with van der Waals surface area (Å²) in [7, 11) is 1.48. The van der Waals surface area contributed by atoms with Gasteiger partial charge in [0, 0.05) is 21.3 Å². The number of carbonyl (C=O) groups is 3. The highest BCUT2D eigenvalue weighted by molar-refractivity contribution is 6.52. The fourth-order valence-electron chi connectivity index (χ4n) is 0.925. The van der Waals surface area contributed by atoms with E-state index in [0.29, 0.717) is 0 Å². The van der Waals surface area contributed by atoms with Crippen molar-refractivity contribution in [3.63, 3.8) is 0 Å². The van der Waals surface area contributed by atoms with Crippen molar-refractivity contribution in [3.05, 3.63) is 0 Å². The Hall–Kier alpha value is -1.01. The predicted molar refractivity (Wildman–Crippen MR) is 67.4 cm³/mol. The molecule has 2 N–H and O–H groups in total. The van der Waals surface area contributed by atoms with Crippen molar-refractivity contribution in [1.82, 2.24) is 10.6 Å². The van der Waals surface area contributed by atoms with E-state index in [1.54, 1.807) is 0 Å². The van der Waals surface area contributed by atoms with Crippen LogP contribution in [0.15, 0.2) is 0 Å². The third-order valence-corrected chi connectivity index (χ3v) is 2.20. The second kappa shape index (κ2) is 8.99. The Balaban J connectivity index is 3.97. The molecule has 0 spiro atoms. The number of ether oxygens (including phenoxy) is 1. The molecule has 0 radical (unpaired) electrons. The summed E-state index contributed by atoms with van der Waals surface area (Å²) in [5.41, 5.74) is 0. The van der Waals surface area contributed by atoms with Crippen LogP contribution in [0, 0.1) is 0 Å². The first-order valence-corrected chi connectivity index (χ1v) is 6.03. The van der Waals surface area contributed by atoms with Gasteiger partial charge in [0.05, 0.1) is 6.54 Å². The maximum atomic E-state index is 11.4. The highest BCUT2D eigenvalue weighted by Crippen LogP contribution is 2.05. The molecule has 1 atom stereocenters. The maximum Gasteiger partial charge on any atom is 0.339 e. The number of amides is 2. The van der Waals surface area contributed by atoms with Crippen molar-refractivity contribution in [2.45, 2.75) is 30.7 Å². The van der Waals surface area contributed by atoms with E-state index in [2.05, 4.69) is 10.6 Å². The van der Waals surface area contributed by atoms with Gasteiger partial charge in [-0.2, -0.15) is 0 Å². The van der Waals surface area contributed by atoms with Crippen LogP contribution in [-0.2, 0) is 19.1 Å². The summed E-state index contributed by atoms with van der Waals surface area (Å²) in [6.45, 7) is -0.260. The SMILES string of the molecule is [2H]CC(CNC(=O)CCC(=O)NC)OC(=O)C(Cl)Cl. The number of halogens is 2. The summed E-state index contributed by atoms with van der Waals surface area (Å²) in [6, 6.07) is 0. The first kappa shape index (κ1) is 15.0. The number of carbonyl (C=O) groups excluding carboxylic acids is 3. The molecule has 2 amide bonds. The summed E-state index contributed by atoms with van der Waals surface area (Å²) in [5, 5.41) is 4.84. The van der Waals surface area contributed by atoms with E-state index < -0.39 is 16.9 Å². The summed E-state index contributed by atoms with van der Waals surface area (Å²) in [4.78, 5) is 32.0. The Labute approximate surface area is 117 Å². The normalized spacial score (nSPS) is 12.6. The fraction of sp³-hybridized carbons (Fsp3) is 0.700. The minimum absolute atomic E-state index is 0.0198. The van der Waals surface area contributed by atoms with Gasteiger partial charge in [0.25, 0.3) is 0 Å². The Morgan fingerprint density at radius 2 is 1.89 bits per heavy atom. The van der Waals surface area contributed by atoms with Crippen molar-refractivity contribution < 1.29 is 20.5 Å². The van der Waals surface area contributed by atoms with E-state index >= 15 is 0 Å². The first-order valence-electron chi connectivity index (χ1n) is 5.86. The molecular weight excluding hydrogens is 283 g/mol. The highest BCUT2D eigenvalue weighted by atomic mass is 35.5. The van der Waals surface area contributed by atoms with Crippen LogP contribution in [0.5, 0.6) is 0 Å². The minimum Gasteiger partial charge on any atom is -0.459 e. The third-order valence-electron chi connectivity index (χ3n) is 1.85. The van der Waals surface area contributed by atoms with Crippen molar-refractivity contribution in [2.75, 3.05) is 13.6 Å². The Kier molecular flexibility index (Phi) is 7.52. The van der Waals surface area contributed by atoms with Crippen LogP contribution in [0.3, 0.4) is 0 Å². The summed E-state index contributed by atoms with van der Waals surface area (Å²) < 4.78 is 11.9. The van der Waals surface area contributed by atoms with Gasteiger partial charge in [0.2, 0.25) is 16.7 Å². The zero-order valence-corrected chi connectivity index (χ0v) is 11.4. The summed E-state index contributed by atoms with van der Waals surface area (Å²) in [6.07, 6.45) is -0.734. The molecule has 1 unspecified atom stereocenters. The van der Waals surface area contributed by atoms with Gasteiger partial charge >= 0.3 is 5.97 Å². The van der Waals surface area contributed by atoms with Crippen molar-refractivity contribution >= 4 is 41.0 Å². The quantitative estimate of drug-likeness (QED) is 0.525. The van der Waals surface area contributed by atoms with E-state index in [0.717, 1.165) is 0 Å². The molecule has 6 nitrogen and oxygen atoms in total. The average Bonchev–Trinajstić information content (AvgIpc) is 2.39. The smallest absolute Gasteiger partial charge is 0.339 e. The monoisotopic (exact) mass is 299 g/mol. The molecule has 0 aromatic carbocycles. The van der Waals surface area contributed by atoms with Gasteiger partial charge in [0.1, 0.15) is 6.10 Å². The van der Waals surface area contributed by atoms with E-state index in [-0.39, 0.29) is 38.1 Å². The molecule has 0 aromatic rings. The minimum atomic E-state index is -1.32. The van der Waals surface area contributed by atoms with Gasteiger partial charge in [-0.1, -0.05) is 23.2 Å². The zero-order chi connectivity index (χ0) is 14.8. The maximum absolute atomic E-state index is 11.4. The third kappa shape index (κ3) is 8.14. The summed E-state index contributed by atoms with van der Waals surface area (Å²) >= 11 is 10.6. The zero-order valence-electron chi connectivity index (χ0n) is 10.9. The van der Waals surface area contributed by atoms with Crippen molar-refractivity contribution in [3.8, 4) is 0 Å². The molecule has 0 aliphatic heterocycles. The van der Waals surface area contributed by atoms with Crippen molar-refractivity contribution in [1.29, 1.82) is 0 Å². The molecule has 0 saturated carbocycles. The van der Waals surface area contributed by atoms with Crippen LogP contribution >= 0.6 is 23.2 Å². The van der Waals surface area contributed by atoms with Crippen LogP contribution in [0.2, 0.25) is 0 Å². The Morgan fingerprint density at radius 1 is 1.28 bits per heavy atom. The highest BCUT2D eigenvalue weighted by Gasteiger charge is 2.17. The van der Waals surface area contributed by atoms with Gasteiger partial charge in [-0.15, -0.1) is 0 Å². The molecule has 18 heavy (non-hydrogen) atoms. The number of alkyl halides is 2. The lowest BCUT2D eigenvalue weighted by atomic mass is 10.2. The van der Waals surface area contributed by atoms with Crippen LogP contribution in [0.1, 0.15) is 21.1 Å². The second-order valence-corrected chi connectivity index (χ2v) is 4.43. The fourth-order valence-corrected chi connectivity index (χ4v) is 1.03. The molecule has 0 aliphatic carbocycles. The number of hydrogen-bond donors (Lipinski definition) is 2. The van der Waals surface area contributed by atoms with Gasteiger partial charge in [-0.25, -0.2) is 4.79 Å². The predicted octanol–water partition coefficient (Wildman–Crippen LogP) is 0.364. The number of nitrogens with one attached hydrogen (secondary N) is 2. The molecule has 0 rings (SSSR count). The topological polar surface area (TPSA) is 84.5 Å². The molecule has 0 aliphatic rings. The first-order chi connectivity index (χ1) is 8.90. The van der Waals surface area contributed by atoms with Gasteiger partial charge in [-0.05, 0) is 6.90 Å². The lowest BCUT2D eigenvalue weighted by molar-refractivity contribution is -0.146. The second-order valence-electron chi connectivity index (χ2n) is 3.34. The number of rotatable bonds is 7. The van der Waals surface area contributed by atoms with E-state index in [1.807, 2.05) is 0 Å². The van der Waals surface area contributed by atoms with E-state index in [9.17, 15) is 14.4 Å². The van der Waals surface area contributed by atoms with Crippen LogP contribution in [0.4, 0.5) is 0 Å². The molecule has 0 bridgehead atoms. The Bertz CT molecular complexity index is 329. The molecule has 0 heterocycles. The van der Waals surface area contributed by atoms with Crippen LogP contribution < -0.4 is 10.6 Å². The van der Waals surface area contributed by atoms with Crippen molar-refractivity contribution in [2.24, 2.45) is 0 Å². The van der Waals surface area contributed by atoms with Crippen LogP contribution in [-0.4, -0.2) is 42.3 Å². The molecule has 0 aromatic heterocycles. The van der Waals surface area contributed by atoms with Gasteiger partial charge in [0.15, 0.2) is 0 Å².